The Morgan fingerprint density at radius 3 is 2.20 bits per heavy atom. The van der Waals surface area contributed by atoms with Gasteiger partial charge >= 0.3 is 11.8 Å². The average Bonchev–Trinajstić information content (AvgIpc) is 2.44. The summed E-state index contributed by atoms with van der Waals surface area (Å²) in [5.74, 6) is -0.414. The Hall–Kier alpha value is -1.84. The van der Waals surface area contributed by atoms with Crippen molar-refractivity contribution in [3.05, 3.63) is 35.9 Å². The SMILES string of the molecule is CC(C)CCNC(=O)C(=O)NC[C@@H](C)c1ccccc1. The topological polar surface area (TPSA) is 58.2 Å². The maximum absolute atomic E-state index is 11.6. The van der Waals surface area contributed by atoms with Gasteiger partial charge in [0.1, 0.15) is 0 Å². The molecule has 0 aliphatic heterocycles. The van der Waals surface area contributed by atoms with E-state index in [-0.39, 0.29) is 5.92 Å². The van der Waals surface area contributed by atoms with Gasteiger partial charge in [-0.15, -0.1) is 0 Å². The first-order chi connectivity index (χ1) is 9.50. The van der Waals surface area contributed by atoms with Crippen molar-refractivity contribution >= 4 is 11.8 Å². The third-order valence-corrected chi connectivity index (χ3v) is 3.15. The van der Waals surface area contributed by atoms with Crippen LogP contribution in [0.1, 0.15) is 38.7 Å². The zero-order valence-corrected chi connectivity index (χ0v) is 12.5. The fraction of sp³-hybridized carbons (Fsp3) is 0.500. The van der Waals surface area contributed by atoms with Crippen molar-refractivity contribution in [3.8, 4) is 0 Å². The van der Waals surface area contributed by atoms with Crippen LogP contribution in [0.5, 0.6) is 0 Å². The standard InChI is InChI=1S/C16H24N2O2/c1-12(2)9-10-17-15(19)16(20)18-11-13(3)14-7-5-4-6-8-14/h4-8,12-13H,9-11H2,1-3H3,(H,17,19)(H,18,20)/t13-/m1/s1. The lowest BCUT2D eigenvalue weighted by atomic mass is 10.0. The van der Waals surface area contributed by atoms with Gasteiger partial charge in [-0.05, 0) is 23.8 Å². The van der Waals surface area contributed by atoms with Gasteiger partial charge in [-0.2, -0.15) is 0 Å². The van der Waals surface area contributed by atoms with Gasteiger partial charge < -0.3 is 10.6 Å². The largest absolute Gasteiger partial charge is 0.348 e. The molecule has 0 aromatic heterocycles. The van der Waals surface area contributed by atoms with Crippen LogP contribution in [0.15, 0.2) is 30.3 Å². The minimum atomic E-state index is -0.559. The minimum absolute atomic E-state index is 0.184. The zero-order chi connectivity index (χ0) is 15.0. The number of nitrogens with one attached hydrogen (secondary N) is 2. The van der Waals surface area contributed by atoms with Gasteiger partial charge in [-0.1, -0.05) is 51.1 Å². The Bertz CT molecular complexity index is 429. The first-order valence-corrected chi connectivity index (χ1v) is 7.11. The van der Waals surface area contributed by atoms with Gasteiger partial charge in [0.2, 0.25) is 0 Å². The zero-order valence-electron chi connectivity index (χ0n) is 12.5. The Morgan fingerprint density at radius 1 is 1.00 bits per heavy atom. The Kier molecular flexibility index (Phi) is 6.77. The van der Waals surface area contributed by atoms with E-state index in [2.05, 4.69) is 24.5 Å². The average molecular weight is 276 g/mol. The molecule has 1 rings (SSSR count). The molecule has 0 spiro atoms. The molecule has 1 aromatic carbocycles. The number of hydrogen-bond donors (Lipinski definition) is 2. The van der Waals surface area contributed by atoms with E-state index in [9.17, 15) is 9.59 Å². The summed E-state index contributed by atoms with van der Waals surface area (Å²) in [6.07, 6.45) is 0.874. The predicted molar refractivity (Wildman–Crippen MR) is 80.3 cm³/mol. The van der Waals surface area contributed by atoms with Gasteiger partial charge in [0, 0.05) is 13.1 Å². The lowest BCUT2D eigenvalue weighted by Gasteiger charge is -2.13. The molecule has 0 saturated carbocycles. The van der Waals surface area contributed by atoms with Crippen molar-refractivity contribution in [2.24, 2.45) is 5.92 Å². The molecule has 0 bridgehead atoms. The minimum Gasteiger partial charge on any atom is -0.348 e. The van der Waals surface area contributed by atoms with E-state index in [0.29, 0.717) is 19.0 Å². The van der Waals surface area contributed by atoms with Crippen molar-refractivity contribution in [1.82, 2.24) is 10.6 Å². The molecule has 110 valence electrons. The third kappa shape index (κ3) is 5.87. The number of carbonyl (C=O) groups excluding carboxylic acids is 2. The first kappa shape index (κ1) is 16.2. The first-order valence-electron chi connectivity index (χ1n) is 7.11. The quantitative estimate of drug-likeness (QED) is 0.781. The molecule has 0 saturated heterocycles. The van der Waals surface area contributed by atoms with Crippen LogP contribution in [0, 0.1) is 5.92 Å². The summed E-state index contributed by atoms with van der Waals surface area (Å²) in [6, 6.07) is 9.91. The van der Waals surface area contributed by atoms with Gasteiger partial charge in [-0.25, -0.2) is 0 Å². The molecule has 0 fully saturated rings. The second kappa shape index (κ2) is 8.35. The normalized spacial score (nSPS) is 12.0. The lowest BCUT2D eigenvalue weighted by molar-refractivity contribution is -0.139. The van der Waals surface area contributed by atoms with Crippen molar-refractivity contribution < 1.29 is 9.59 Å². The molecule has 2 N–H and O–H groups in total. The molecular formula is C16H24N2O2. The van der Waals surface area contributed by atoms with E-state index in [4.69, 9.17) is 0 Å². The van der Waals surface area contributed by atoms with Crippen LogP contribution in [0.3, 0.4) is 0 Å². The summed E-state index contributed by atoms with van der Waals surface area (Å²) in [7, 11) is 0. The molecule has 2 amide bonds. The summed E-state index contributed by atoms with van der Waals surface area (Å²) in [6.45, 7) is 7.17. The summed E-state index contributed by atoms with van der Waals surface area (Å²) in [5.41, 5.74) is 1.15. The van der Waals surface area contributed by atoms with Gasteiger partial charge in [0.05, 0.1) is 0 Å². The molecule has 1 atom stereocenters. The number of carbonyl (C=O) groups is 2. The highest BCUT2D eigenvalue weighted by Crippen LogP contribution is 2.12. The van der Waals surface area contributed by atoms with Crippen molar-refractivity contribution in [1.29, 1.82) is 0 Å². The molecule has 0 aliphatic rings. The van der Waals surface area contributed by atoms with Gasteiger partial charge in [0.15, 0.2) is 0 Å². The van der Waals surface area contributed by atoms with Crippen LogP contribution < -0.4 is 10.6 Å². The highest BCUT2D eigenvalue weighted by molar-refractivity contribution is 6.35. The molecule has 4 heteroatoms. The Labute approximate surface area is 121 Å². The van der Waals surface area contributed by atoms with E-state index in [1.807, 2.05) is 37.3 Å². The van der Waals surface area contributed by atoms with Crippen LogP contribution in [-0.2, 0) is 9.59 Å². The highest BCUT2D eigenvalue weighted by atomic mass is 16.2. The Balaban J connectivity index is 2.30. The third-order valence-electron chi connectivity index (χ3n) is 3.15. The van der Waals surface area contributed by atoms with Crippen molar-refractivity contribution in [3.63, 3.8) is 0 Å². The van der Waals surface area contributed by atoms with Gasteiger partial charge in [0.25, 0.3) is 0 Å². The molecule has 0 radical (unpaired) electrons. The second-order valence-electron chi connectivity index (χ2n) is 5.46. The summed E-state index contributed by atoms with van der Waals surface area (Å²) in [5, 5.41) is 5.29. The highest BCUT2D eigenvalue weighted by Gasteiger charge is 2.14. The molecule has 0 aliphatic carbocycles. The Morgan fingerprint density at radius 2 is 1.60 bits per heavy atom. The van der Waals surface area contributed by atoms with E-state index in [1.54, 1.807) is 0 Å². The number of rotatable bonds is 6. The molecule has 1 aromatic rings. The van der Waals surface area contributed by atoms with E-state index < -0.39 is 11.8 Å². The molecule has 20 heavy (non-hydrogen) atoms. The summed E-state index contributed by atoms with van der Waals surface area (Å²) < 4.78 is 0. The van der Waals surface area contributed by atoms with E-state index >= 15 is 0 Å². The van der Waals surface area contributed by atoms with Crippen molar-refractivity contribution in [2.75, 3.05) is 13.1 Å². The molecule has 0 unspecified atom stereocenters. The second-order valence-corrected chi connectivity index (χ2v) is 5.46. The van der Waals surface area contributed by atoms with Crippen LogP contribution in [0.4, 0.5) is 0 Å². The number of amides is 2. The number of benzene rings is 1. The van der Waals surface area contributed by atoms with Crippen LogP contribution in [0.25, 0.3) is 0 Å². The van der Waals surface area contributed by atoms with Crippen LogP contribution in [0.2, 0.25) is 0 Å². The van der Waals surface area contributed by atoms with Gasteiger partial charge in [-0.3, -0.25) is 9.59 Å². The van der Waals surface area contributed by atoms with E-state index in [0.717, 1.165) is 12.0 Å². The van der Waals surface area contributed by atoms with Crippen LogP contribution >= 0.6 is 0 Å². The maximum Gasteiger partial charge on any atom is 0.309 e. The van der Waals surface area contributed by atoms with Crippen molar-refractivity contribution in [2.45, 2.75) is 33.1 Å². The smallest absolute Gasteiger partial charge is 0.309 e. The lowest BCUT2D eigenvalue weighted by Crippen LogP contribution is -2.41. The number of hydrogen-bond acceptors (Lipinski definition) is 2. The van der Waals surface area contributed by atoms with Crippen LogP contribution in [-0.4, -0.2) is 24.9 Å². The maximum atomic E-state index is 11.6. The monoisotopic (exact) mass is 276 g/mol. The fourth-order valence-electron chi connectivity index (χ4n) is 1.78. The molecular weight excluding hydrogens is 252 g/mol. The predicted octanol–water partition coefficient (Wildman–Crippen LogP) is 2.07. The molecule has 0 heterocycles. The van der Waals surface area contributed by atoms with E-state index in [1.165, 1.54) is 0 Å². The molecule has 4 nitrogen and oxygen atoms in total. The summed E-state index contributed by atoms with van der Waals surface area (Å²) in [4.78, 5) is 23.2. The summed E-state index contributed by atoms with van der Waals surface area (Å²) >= 11 is 0. The fourth-order valence-corrected chi connectivity index (χ4v) is 1.78.